The highest BCUT2D eigenvalue weighted by Gasteiger charge is 2.32. The topological polar surface area (TPSA) is 78.1 Å². The molecule has 0 radical (unpaired) electrons. The summed E-state index contributed by atoms with van der Waals surface area (Å²) in [5, 5.41) is 9.93. The number of H-pyrrole nitrogens is 1. The summed E-state index contributed by atoms with van der Waals surface area (Å²) >= 11 is 0. The molecule has 0 aromatic carbocycles. The summed E-state index contributed by atoms with van der Waals surface area (Å²) in [7, 11) is -1.81. The fourth-order valence-electron chi connectivity index (χ4n) is 2.40. The lowest BCUT2D eigenvalue weighted by atomic mass is 10.1. The van der Waals surface area contributed by atoms with E-state index in [2.05, 4.69) is 15.5 Å². The van der Waals surface area contributed by atoms with Crippen molar-refractivity contribution in [1.29, 1.82) is 0 Å². The molecule has 1 unspecified atom stereocenters. The second-order valence-corrected chi connectivity index (χ2v) is 6.72. The van der Waals surface area contributed by atoms with E-state index in [1.807, 2.05) is 0 Å². The fourth-order valence-corrected chi connectivity index (χ4v) is 4.12. The number of sulfonamides is 1. The van der Waals surface area contributed by atoms with Crippen molar-refractivity contribution >= 4 is 10.0 Å². The molecule has 2 heterocycles. The molecule has 2 rings (SSSR count). The molecular formula is C11H20N4O2S. The zero-order chi connectivity index (χ0) is 13.3. The van der Waals surface area contributed by atoms with Crippen molar-refractivity contribution < 1.29 is 8.42 Å². The number of nitrogens with zero attached hydrogens (tertiary/aromatic N) is 2. The van der Waals surface area contributed by atoms with Gasteiger partial charge in [-0.1, -0.05) is 0 Å². The zero-order valence-electron chi connectivity index (χ0n) is 11.0. The van der Waals surface area contributed by atoms with Gasteiger partial charge in [0.15, 0.2) is 0 Å². The Hall–Kier alpha value is -0.920. The van der Waals surface area contributed by atoms with Crippen molar-refractivity contribution in [3.8, 4) is 0 Å². The first kappa shape index (κ1) is 13.5. The van der Waals surface area contributed by atoms with Gasteiger partial charge < -0.3 is 5.32 Å². The minimum absolute atomic E-state index is 0.0254. The number of piperidine rings is 1. The number of aryl methyl sites for hydroxylation is 2. The van der Waals surface area contributed by atoms with Crippen LogP contribution in [-0.4, -0.2) is 49.1 Å². The maximum Gasteiger partial charge on any atom is 0.246 e. The SMILES string of the molecule is Cc1n[nH]c(C)c1S(=O)(=O)N(C)C1CCCNC1. The Morgan fingerprint density at radius 2 is 2.11 bits per heavy atom. The lowest BCUT2D eigenvalue weighted by Crippen LogP contribution is -2.46. The summed E-state index contributed by atoms with van der Waals surface area (Å²) in [4.78, 5) is 0.315. The van der Waals surface area contributed by atoms with Crippen molar-refractivity contribution in [3.63, 3.8) is 0 Å². The number of likely N-dealkylation sites (N-methyl/N-ethyl adjacent to an activating group) is 1. The summed E-state index contributed by atoms with van der Waals surface area (Å²) in [6.07, 6.45) is 1.91. The van der Waals surface area contributed by atoms with Crippen LogP contribution in [0.2, 0.25) is 0 Å². The molecule has 2 N–H and O–H groups in total. The van der Waals surface area contributed by atoms with Crippen LogP contribution in [0.3, 0.4) is 0 Å². The van der Waals surface area contributed by atoms with E-state index in [4.69, 9.17) is 0 Å². The Kier molecular flexibility index (Phi) is 3.74. The van der Waals surface area contributed by atoms with E-state index in [1.54, 1.807) is 20.9 Å². The van der Waals surface area contributed by atoms with Crippen LogP contribution in [0.4, 0.5) is 0 Å². The third kappa shape index (κ3) is 2.30. The molecule has 7 heteroatoms. The molecule has 6 nitrogen and oxygen atoms in total. The Morgan fingerprint density at radius 1 is 1.39 bits per heavy atom. The van der Waals surface area contributed by atoms with Gasteiger partial charge >= 0.3 is 0 Å². The van der Waals surface area contributed by atoms with Crippen molar-refractivity contribution in [2.75, 3.05) is 20.1 Å². The van der Waals surface area contributed by atoms with Gasteiger partial charge in [0.25, 0.3) is 0 Å². The molecule has 1 aliphatic heterocycles. The molecule has 0 amide bonds. The molecule has 18 heavy (non-hydrogen) atoms. The Labute approximate surface area is 108 Å². The second-order valence-electron chi connectivity index (χ2n) is 4.78. The third-order valence-electron chi connectivity index (χ3n) is 3.48. The van der Waals surface area contributed by atoms with Crippen molar-refractivity contribution in [2.24, 2.45) is 0 Å². The zero-order valence-corrected chi connectivity index (χ0v) is 11.8. The molecule has 102 valence electrons. The highest BCUT2D eigenvalue weighted by atomic mass is 32.2. The molecule has 1 fully saturated rings. The van der Waals surface area contributed by atoms with Gasteiger partial charge in [-0.3, -0.25) is 5.10 Å². The van der Waals surface area contributed by atoms with Crippen LogP contribution in [0.15, 0.2) is 4.90 Å². The predicted molar refractivity (Wildman–Crippen MR) is 68.9 cm³/mol. The molecular weight excluding hydrogens is 252 g/mol. The van der Waals surface area contributed by atoms with E-state index < -0.39 is 10.0 Å². The van der Waals surface area contributed by atoms with Gasteiger partial charge in [-0.2, -0.15) is 9.40 Å². The Bertz CT molecular complexity index is 498. The monoisotopic (exact) mass is 272 g/mol. The normalized spacial score (nSPS) is 21.4. The number of aromatic amines is 1. The van der Waals surface area contributed by atoms with E-state index in [0.717, 1.165) is 19.4 Å². The van der Waals surface area contributed by atoms with Gasteiger partial charge in [-0.05, 0) is 33.2 Å². The maximum atomic E-state index is 12.6. The second kappa shape index (κ2) is 4.99. The standard InChI is InChI=1S/C11H20N4O2S/c1-8-11(9(2)14-13-8)18(16,17)15(3)10-5-4-6-12-7-10/h10,12H,4-7H2,1-3H3,(H,13,14). The molecule has 1 aromatic rings. The molecule has 1 saturated heterocycles. The summed E-state index contributed by atoms with van der Waals surface area (Å²) in [6, 6.07) is 0.0254. The summed E-state index contributed by atoms with van der Waals surface area (Å²) in [6.45, 7) is 5.13. The van der Waals surface area contributed by atoms with E-state index in [1.165, 1.54) is 4.31 Å². The Morgan fingerprint density at radius 3 is 2.61 bits per heavy atom. The van der Waals surface area contributed by atoms with Crippen LogP contribution < -0.4 is 5.32 Å². The quantitative estimate of drug-likeness (QED) is 0.835. The number of hydrogen-bond acceptors (Lipinski definition) is 4. The van der Waals surface area contributed by atoms with Crippen LogP contribution >= 0.6 is 0 Å². The fraction of sp³-hybridized carbons (Fsp3) is 0.727. The highest BCUT2D eigenvalue weighted by molar-refractivity contribution is 7.89. The van der Waals surface area contributed by atoms with Crippen molar-refractivity contribution in [3.05, 3.63) is 11.4 Å². The van der Waals surface area contributed by atoms with E-state index in [0.29, 0.717) is 22.8 Å². The van der Waals surface area contributed by atoms with Gasteiger partial charge in [0.1, 0.15) is 4.90 Å². The van der Waals surface area contributed by atoms with Crippen LogP contribution in [0.25, 0.3) is 0 Å². The molecule has 0 bridgehead atoms. The van der Waals surface area contributed by atoms with Gasteiger partial charge in [-0.15, -0.1) is 0 Å². The largest absolute Gasteiger partial charge is 0.315 e. The first-order valence-electron chi connectivity index (χ1n) is 6.15. The van der Waals surface area contributed by atoms with Crippen LogP contribution in [-0.2, 0) is 10.0 Å². The number of rotatable bonds is 3. The van der Waals surface area contributed by atoms with E-state index in [9.17, 15) is 8.42 Å². The molecule has 0 spiro atoms. The average molecular weight is 272 g/mol. The first-order chi connectivity index (χ1) is 8.44. The summed E-state index contributed by atoms with van der Waals surface area (Å²) < 4.78 is 26.6. The highest BCUT2D eigenvalue weighted by Crippen LogP contribution is 2.23. The number of nitrogens with one attached hydrogen (secondary N) is 2. The van der Waals surface area contributed by atoms with Crippen molar-refractivity contribution in [2.45, 2.75) is 37.6 Å². The van der Waals surface area contributed by atoms with Crippen LogP contribution in [0, 0.1) is 13.8 Å². The van der Waals surface area contributed by atoms with E-state index in [-0.39, 0.29) is 6.04 Å². The van der Waals surface area contributed by atoms with Crippen molar-refractivity contribution in [1.82, 2.24) is 19.8 Å². The minimum Gasteiger partial charge on any atom is -0.315 e. The maximum absolute atomic E-state index is 12.6. The Balaban J connectivity index is 2.30. The van der Waals surface area contributed by atoms with Crippen LogP contribution in [0.5, 0.6) is 0 Å². The minimum atomic E-state index is -3.46. The predicted octanol–water partition coefficient (Wildman–Crippen LogP) is 0.399. The van der Waals surface area contributed by atoms with Gasteiger partial charge in [-0.25, -0.2) is 8.42 Å². The number of aromatic nitrogens is 2. The van der Waals surface area contributed by atoms with Gasteiger partial charge in [0.05, 0.1) is 11.4 Å². The number of hydrogen-bond donors (Lipinski definition) is 2. The molecule has 0 aliphatic carbocycles. The van der Waals surface area contributed by atoms with Gasteiger partial charge in [0.2, 0.25) is 10.0 Å². The van der Waals surface area contributed by atoms with E-state index >= 15 is 0 Å². The smallest absolute Gasteiger partial charge is 0.246 e. The summed E-state index contributed by atoms with van der Waals surface area (Å²) in [5.41, 5.74) is 1.13. The van der Waals surface area contributed by atoms with Gasteiger partial charge in [0, 0.05) is 19.6 Å². The van der Waals surface area contributed by atoms with Crippen LogP contribution in [0.1, 0.15) is 24.2 Å². The summed E-state index contributed by atoms with van der Waals surface area (Å²) in [5.74, 6) is 0. The molecule has 1 aliphatic rings. The molecule has 1 atom stereocenters. The first-order valence-corrected chi connectivity index (χ1v) is 7.59. The lowest BCUT2D eigenvalue weighted by Gasteiger charge is -2.30. The molecule has 1 aromatic heterocycles. The third-order valence-corrected chi connectivity index (χ3v) is 5.66. The molecule has 0 saturated carbocycles. The average Bonchev–Trinajstić information content (AvgIpc) is 2.69. The lowest BCUT2D eigenvalue weighted by molar-refractivity contribution is 0.300.